The molecule has 5 aromatic carbocycles. The van der Waals surface area contributed by atoms with Gasteiger partial charge >= 0.3 is 0 Å². The second-order valence-corrected chi connectivity index (χ2v) is 8.31. The lowest BCUT2D eigenvalue weighted by Crippen LogP contribution is -1.85. The smallest absolute Gasteiger partial charge is 0.173 e. The van der Waals surface area contributed by atoms with Crippen LogP contribution in [0.4, 0.5) is 0 Å². The van der Waals surface area contributed by atoms with Crippen LogP contribution in [0.3, 0.4) is 0 Å². The molecule has 0 saturated heterocycles. The van der Waals surface area contributed by atoms with Gasteiger partial charge in [0.2, 0.25) is 0 Å². The molecule has 3 heteroatoms. The third-order valence-corrected chi connectivity index (χ3v) is 6.40. The number of aromatic nitrogens is 2. The van der Waals surface area contributed by atoms with Crippen LogP contribution in [-0.4, -0.2) is 9.36 Å². The number of hydrogen-bond acceptors (Lipinski definition) is 3. The predicted octanol–water partition coefficient (Wildman–Crippen LogP) is 7.85. The summed E-state index contributed by atoms with van der Waals surface area (Å²) < 4.78 is 4.72. The molecule has 0 aliphatic rings. The first-order valence-electron chi connectivity index (χ1n) is 10.3. The molecular weight excluding hydrogens is 396 g/mol. The number of nitrogens with zero attached hydrogens (tertiary/aromatic N) is 2. The van der Waals surface area contributed by atoms with Crippen molar-refractivity contribution in [3.63, 3.8) is 0 Å². The fraction of sp³-hybridized carbons (Fsp3) is 0. The van der Waals surface area contributed by atoms with E-state index in [1.165, 1.54) is 44.2 Å². The molecule has 0 aliphatic carbocycles. The van der Waals surface area contributed by atoms with Gasteiger partial charge < -0.3 is 0 Å². The maximum Gasteiger partial charge on any atom is 0.173 e. The average Bonchev–Trinajstić information content (AvgIpc) is 3.34. The molecule has 0 spiro atoms. The van der Waals surface area contributed by atoms with Gasteiger partial charge in [-0.15, -0.1) is 0 Å². The Hall–Kier alpha value is -3.82. The van der Waals surface area contributed by atoms with Crippen molar-refractivity contribution in [2.45, 2.75) is 0 Å². The van der Waals surface area contributed by atoms with Crippen LogP contribution < -0.4 is 0 Å². The Morgan fingerprint density at radius 2 is 1.26 bits per heavy atom. The number of rotatable bonds is 3. The van der Waals surface area contributed by atoms with Gasteiger partial charge in [0.1, 0.15) is 5.01 Å². The first-order valence-corrected chi connectivity index (χ1v) is 11.0. The molecule has 0 fully saturated rings. The SMILES string of the molecule is c1ccc(-c2cccc(-c3nsc(-c4cccc5ccc6ccccc6c45)n3)c2)cc1. The van der Waals surface area contributed by atoms with Gasteiger partial charge in [-0.2, -0.15) is 4.37 Å². The van der Waals surface area contributed by atoms with Crippen molar-refractivity contribution in [3.05, 3.63) is 109 Å². The van der Waals surface area contributed by atoms with E-state index in [-0.39, 0.29) is 0 Å². The zero-order valence-electron chi connectivity index (χ0n) is 16.7. The van der Waals surface area contributed by atoms with Crippen molar-refractivity contribution in [1.82, 2.24) is 9.36 Å². The molecule has 1 aromatic heterocycles. The summed E-state index contributed by atoms with van der Waals surface area (Å²) in [5.41, 5.74) is 4.54. The first-order chi connectivity index (χ1) is 15.4. The molecule has 0 atom stereocenters. The van der Waals surface area contributed by atoms with Crippen molar-refractivity contribution in [2.75, 3.05) is 0 Å². The third-order valence-electron chi connectivity index (χ3n) is 5.65. The van der Waals surface area contributed by atoms with Crippen molar-refractivity contribution in [1.29, 1.82) is 0 Å². The highest BCUT2D eigenvalue weighted by Gasteiger charge is 2.13. The van der Waals surface area contributed by atoms with Crippen molar-refractivity contribution in [2.24, 2.45) is 0 Å². The molecule has 0 aliphatic heterocycles. The maximum absolute atomic E-state index is 4.95. The monoisotopic (exact) mass is 414 g/mol. The second kappa shape index (κ2) is 7.46. The number of fused-ring (bicyclic) bond motifs is 3. The normalized spacial score (nSPS) is 11.2. The highest BCUT2D eigenvalue weighted by Crippen LogP contribution is 2.36. The van der Waals surface area contributed by atoms with Crippen molar-refractivity contribution in [3.8, 4) is 33.1 Å². The van der Waals surface area contributed by atoms with Crippen molar-refractivity contribution < 1.29 is 0 Å². The molecule has 2 nitrogen and oxygen atoms in total. The Morgan fingerprint density at radius 1 is 0.548 bits per heavy atom. The van der Waals surface area contributed by atoms with Gasteiger partial charge in [-0.1, -0.05) is 103 Å². The zero-order valence-corrected chi connectivity index (χ0v) is 17.5. The molecule has 1 heterocycles. The largest absolute Gasteiger partial charge is 0.215 e. The molecule has 31 heavy (non-hydrogen) atoms. The van der Waals surface area contributed by atoms with E-state index in [0.29, 0.717) is 0 Å². The average molecular weight is 415 g/mol. The second-order valence-electron chi connectivity index (χ2n) is 7.56. The van der Waals surface area contributed by atoms with E-state index in [1.807, 2.05) is 6.07 Å². The van der Waals surface area contributed by atoms with Crippen LogP contribution in [0.15, 0.2) is 109 Å². The lowest BCUT2D eigenvalue weighted by atomic mass is 9.98. The summed E-state index contributed by atoms with van der Waals surface area (Å²) in [5.74, 6) is 0.773. The van der Waals surface area contributed by atoms with Gasteiger partial charge in [0.25, 0.3) is 0 Å². The topological polar surface area (TPSA) is 25.8 Å². The van der Waals surface area contributed by atoms with Gasteiger partial charge in [0.05, 0.1) is 0 Å². The summed E-state index contributed by atoms with van der Waals surface area (Å²) in [6.07, 6.45) is 0. The maximum atomic E-state index is 4.95. The summed E-state index contributed by atoms with van der Waals surface area (Å²) >= 11 is 1.46. The van der Waals surface area contributed by atoms with E-state index in [0.717, 1.165) is 22.0 Å². The molecule has 0 radical (unpaired) electrons. The predicted molar refractivity (Wildman–Crippen MR) is 131 cm³/mol. The fourth-order valence-corrected chi connectivity index (χ4v) is 4.87. The third kappa shape index (κ3) is 3.20. The summed E-state index contributed by atoms with van der Waals surface area (Å²) in [4.78, 5) is 4.95. The minimum absolute atomic E-state index is 0.773. The van der Waals surface area contributed by atoms with E-state index in [1.54, 1.807) is 0 Å². The van der Waals surface area contributed by atoms with E-state index >= 15 is 0 Å². The highest BCUT2D eigenvalue weighted by atomic mass is 32.1. The Kier molecular flexibility index (Phi) is 4.33. The van der Waals surface area contributed by atoms with Gasteiger partial charge in [-0.05, 0) is 50.3 Å². The Morgan fingerprint density at radius 3 is 2.19 bits per heavy atom. The van der Waals surface area contributed by atoms with E-state index in [4.69, 9.17) is 9.36 Å². The van der Waals surface area contributed by atoms with Gasteiger partial charge in [-0.3, -0.25) is 0 Å². The number of benzene rings is 5. The molecule has 146 valence electrons. The highest BCUT2D eigenvalue weighted by molar-refractivity contribution is 7.09. The fourth-order valence-electron chi connectivity index (χ4n) is 4.16. The summed E-state index contributed by atoms with van der Waals surface area (Å²) in [6.45, 7) is 0. The molecule has 6 aromatic rings. The Labute approximate surface area is 184 Å². The Balaban J connectivity index is 1.48. The summed E-state index contributed by atoms with van der Waals surface area (Å²) in [5, 5.41) is 5.89. The van der Waals surface area contributed by atoms with Crippen LogP contribution in [0.2, 0.25) is 0 Å². The van der Waals surface area contributed by atoms with Crippen molar-refractivity contribution >= 4 is 33.1 Å². The van der Waals surface area contributed by atoms with Crippen LogP contribution in [0, 0.1) is 0 Å². The van der Waals surface area contributed by atoms with Gasteiger partial charge in [0, 0.05) is 11.1 Å². The zero-order chi connectivity index (χ0) is 20.6. The number of hydrogen-bond donors (Lipinski definition) is 0. The standard InChI is InChI=1S/C28H18N2S/c1-2-8-19(9-3-1)22-12-6-13-23(18-22)27-29-28(31-30-27)25-15-7-11-21-17-16-20-10-4-5-14-24(20)26(21)25/h1-18H. The van der Waals surface area contributed by atoms with Crippen LogP contribution in [0.1, 0.15) is 0 Å². The molecule has 0 amide bonds. The molecule has 0 saturated carbocycles. The van der Waals surface area contributed by atoms with Crippen LogP contribution in [0.25, 0.3) is 54.6 Å². The lowest BCUT2D eigenvalue weighted by Gasteiger charge is -2.08. The minimum Gasteiger partial charge on any atom is -0.215 e. The van der Waals surface area contributed by atoms with E-state index in [9.17, 15) is 0 Å². The van der Waals surface area contributed by atoms with Gasteiger partial charge in [-0.25, -0.2) is 4.98 Å². The van der Waals surface area contributed by atoms with Crippen LogP contribution in [0.5, 0.6) is 0 Å². The molecule has 0 bridgehead atoms. The Bertz CT molecular complexity index is 1530. The first kappa shape index (κ1) is 18.0. The minimum atomic E-state index is 0.773. The molecule has 6 rings (SSSR count). The quantitative estimate of drug-likeness (QED) is 0.276. The van der Waals surface area contributed by atoms with E-state index in [2.05, 4.69) is 103 Å². The molecule has 0 unspecified atom stereocenters. The lowest BCUT2D eigenvalue weighted by molar-refractivity contribution is 1.33. The summed E-state index contributed by atoms with van der Waals surface area (Å²) in [7, 11) is 0. The van der Waals surface area contributed by atoms with E-state index < -0.39 is 0 Å². The molecular formula is C28H18N2S. The summed E-state index contributed by atoms with van der Waals surface area (Å²) in [6, 6.07) is 38.2. The molecule has 0 N–H and O–H groups in total. The van der Waals surface area contributed by atoms with Crippen LogP contribution >= 0.6 is 11.5 Å². The van der Waals surface area contributed by atoms with Gasteiger partial charge in [0.15, 0.2) is 5.82 Å². The van der Waals surface area contributed by atoms with Crippen LogP contribution in [-0.2, 0) is 0 Å².